The molecule has 0 aliphatic heterocycles. The highest BCUT2D eigenvalue weighted by atomic mass is 32.2. The van der Waals surface area contributed by atoms with E-state index in [1.165, 1.54) is 12.8 Å². The SMILES string of the molecule is CSCC[C@@H](N)C(=O)NC1CCCC1C. The normalized spacial score (nSPS) is 27.7. The zero-order valence-electron chi connectivity index (χ0n) is 9.66. The average molecular weight is 230 g/mol. The second kappa shape index (κ2) is 6.38. The number of hydrogen-bond acceptors (Lipinski definition) is 3. The lowest BCUT2D eigenvalue weighted by Crippen LogP contribution is -2.46. The topological polar surface area (TPSA) is 55.1 Å². The van der Waals surface area contributed by atoms with Crippen LogP contribution in [0.1, 0.15) is 32.6 Å². The van der Waals surface area contributed by atoms with E-state index < -0.39 is 0 Å². The van der Waals surface area contributed by atoms with Crippen molar-refractivity contribution in [1.82, 2.24) is 5.32 Å². The van der Waals surface area contributed by atoms with E-state index in [1.54, 1.807) is 11.8 Å². The van der Waals surface area contributed by atoms with Gasteiger partial charge in [-0.15, -0.1) is 0 Å². The molecule has 2 unspecified atom stereocenters. The molecule has 1 aliphatic carbocycles. The van der Waals surface area contributed by atoms with Gasteiger partial charge in [-0.05, 0) is 37.2 Å². The van der Waals surface area contributed by atoms with Crippen LogP contribution in [0.4, 0.5) is 0 Å². The summed E-state index contributed by atoms with van der Waals surface area (Å²) < 4.78 is 0. The summed E-state index contributed by atoms with van der Waals surface area (Å²) in [5.41, 5.74) is 5.80. The molecule has 1 fully saturated rings. The van der Waals surface area contributed by atoms with Gasteiger partial charge in [0.15, 0.2) is 0 Å². The van der Waals surface area contributed by atoms with E-state index in [4.69, 9.17) is 5.73 Å². The van der Waals surface area contributed by atoms with Crippen molar-refractivity contribution in [2.24, 2.45) is 11.7 Å². The summed E-state index contributed by atoms with van der Waals surface area (Å²) in [4.78, 5) is 11.7. The molecule has 3 N–H and O–H groups in total. The van der Waals surface area contributed by atoms with Gasteiger partial charge < -0.3 is 11.1 Å². The Morgan fingerprint density at radius 3 is 2.87 bits per heavy atom. The third-order valence-electron chi connectivity index (χ3n) is 3.16. The Kier molecular flexibility index (Phi) is 5.47. The maximum Gasteiger partial charge on any atom is 0.237 e. The first-order valence-electron chi connectivity index (χ1n) is 5.70. The quantitative estimate of drug-likeness (QED) is 0.750. The van der Waals surface area contributed by atoms with Gasteiger partial charge in [0, 0.05) is 6.04 Å². The van der Waals surface area contributed by atoms with Crippen molar-refractivity contribution < 1.29 is 4.79 Å². The Balaban J connectivity index is 2.27. The molecule has 0 spiro atoms. The fourth-order valence-corrected chi connectivity index (χ4v) is 2.52. The number of carbonyl (C=O) groups is 1. The Morgan fingerprint density at radius 1 is 1.60 bits per heavy atom. The van der Waals surface area contributed by atoms with Crippen molar-refractivity contribution in [3.8, 4) is 0 Å². The maximum atomic E-state index is 11.7. The van der Waals surface area contributed by atoms with Gasteiger partial charge >= 0.3 is 0 Å². The summed E-state index contributed by atoms with van der Waals surface area (Å²) in [6.07, 6.45) is 6.37. The molecule has 1 saturated carbocycles. The van der Waals surface area contributed by atoms with E-state index in [2.05, 4.69) is 12.2 Å². The molecule has 0 aromatic carbocycles. The molecular formula is C11H22N2OS. The average Bonchev–Trinajstić information content (AvgIpc) is 2.61. The van der Waals surface area contributed by atoms with Crippen LogP contribution < -0.4 is 11.1 Å². The third-order valence-corrected chi connectivity index (χ3v) is 3.80. The Labute approximate surface area is 96.6 Å². The molecule has 3 nitrogen and oxygen atoms in total. The molecule has 1 amide bonds. The van der Waals surface area contributed by atoms with Crippen molar-refractivity contribution in [3.05, 3.63) is 0 Å². The second-order valence-electron chi connectivity index (χ2n) is 4.41. The summed E-state index contributed by atoms with van der Waals surface area (Å²) in [6.45, 7) is 2.20. The van der Waals surface area contributed by atoms with E-state index in [9.17, 15) is 4.79 Å². The third kappa shape index (κ3) is 4.03. The number of hydrogen-bond donors (Lipinski definition) is 2. The van der Waals surface area contributed by atoms with Crippen molar-refractivity contribution in [3.63, 3.8) is 0 Å². The van der Waals surface area contributed by atoms with Gasteiger partial charge in [-0.1, -0.05) is 13.3 Å². The molecule has 0 saturated heterocycles. The lowest BCUT2D eigenvalue weighted by atomic mass is 10.1. The Morgan fingerprint density at radius 2 is 2.33 bits per heavy atom. The fourth-order valence-electron chi connectivity index (χ4n) is 2.03. The molecule has 0 aromatic heterocycles. The molecule has 0 heterocycles. The highest BCUT2D eigenvalue weighted by molar-refractivity contribution is 7.98. The summed E-state index contributed by atoms with van der Waals surface area (Å²) in [5.74, 6) is 1.60. The van der Waals surface area contributed by atoms with Crippen molar-refractivity contribution in [2.75, 3.05) is 12.0 Å². The summed E-state index contributed by atoms with van der Waals surface area (Å²) in [5, 5.41) is 3.06. The largest absolute Gasteiger partial charge is 0.352 e. The molecule has 4 heteroatoms. The molecule has 1 aliphatic rings. The van der Waals surface area contributed by atoms with Crippen LogP contribution in [0.25, 0.3) is 0 Å². The maximum absolute atomic E-state index is 11.7. The first-order chi connectivity index (χ1) is 7.15. The van der Waals surface area contributed by atoms with Crippen LogP contribution in [-0.4, -0.2) is 30.0 Å². The highest BCUT2D eigenvalue weighted by Crippen LogP contribution is 2.24. The van der Waals surface area contributed by atoms with E-state index in [1.807, 2.05) is 6.26 Å². The number of nitrogens with two attached hydrogens (primary N) is 1. The van der Waals surface area contributed by atoms with Crippen LogP contribution in [0.5, 0.6) is 0 Å². The molecule has 0 radical (unpaired) electrons. The minimum atomic E-state index is -0.328. The van der Waals surface area contributed by atoms with Crippen LogP contribution in [0.3, 0.4) is 0 Å². The van der Waals surface area contributed by atoms with E-state index in [-0.39, 0.29) is 11.9 Å². The Hall–Kier alpha value is -0.220. The molecule has 15 heavy (non-hydrogen) atoms. The molecule has 1 rings (SSSR count). The molecule has 3 atom stereocenters. The van der Waals surface area contributed by atoms with Crippen LogP contribution in [0, 0.1) is 5.92 Å². The smallest absolute Gasteiger partial charge is 0.237 e. The van der Waals surface area contributed by atoms with Gasteiger partial charge in [-0.25, -0.2) is 0 Å². The summed E-state index contributed by atoms with van der Waals surface area (Å²) in [7, 11) is 0. The molecule has 0 bridgehead atoms. The zero-order valence-corrected chi connectivity index (χ0v) is 10.5. The summed E-state index contributed by atoms with van der Waals surface area (Å²) >= 11 is 1.73. The first kappa shape index (κ1) is 12.8. The number of rotatable bonds is 5. The fraction of sp³-hybridized carbons (Fsp3) is 0.909. The van der Waals surface area contributed by atoms with Gasteiger partial charge in [-0.2, -0.15) is 11.8 Å². The first-order valence-corrected chi connectivity index (χ1v) is 7.09. The van der Waals surface area contributed by atoms with Gasteiger partial charge in [0.2, 0.25) is 5.91 Å². The van der Waals surface area contributed by atoms with Crippen LogP contribution in [0.2, 0.25) is 0 Å². The number of nitrogens with one attached hydrogen (secondary N) is 1. The number of amides is 1. The lowest BCUT2D eigenvalue weighted by molar-refractivity contribution is -0.123. The van der Waals surface area contributed by atoms with Crippen LogP contribution in [-0.2, 0) is 4.79 Å². The highest BCUT2D eigenvalue weighted by Gasteiger charge is 2.26. The predicted octanol–water partition coefficient (Wildman–Crippen LogP) is 1.37. The zero-order chi connectivity index (χ0) is 11.3. The minimum absolute atomic E-state index is 0.0304. The van der Waals surface area contributed by atoms with Crippen LogP contribution in [0.15, 0.2) is 0 Å². The monoisotopic (exact) mass is 230 g/mol. The number of carbonyl (C=O) groups excluding carboxylic acids is 1. The molecular weight excluding hydrogens is 208 g/mol. The van der Waals surface area contributed by atoms with Gasteiger partial charge in [0.1, 0.15) is 0 Å². The van der Waals surface area contributed by atoms with Gasteiger partial charge in [0.25, 0.3) is 0 Å². The predicted molar refractivity (Wildman–Crippen MR) is 65.9 cm³/mol. The minimum Gasteiger partial charge on any atom is -0.352 e. The van der Waals surface area contributed by atoms with Crippen molar-refractivity contribution in [1.29, 1.82) is 0 Å². The van der Waals surface area contributed by atoms with Crippen LogP contribution >= 0.6 is 11.8 Å². The van der Waals surface area contributed by atoms with Gasteiger partial charge in [0.05, 0.1) is 6.04 Å². The second-order valence-corrected chi connectivity index (χ2v) is 5.40. The molecule has 0 aromatic rings. The van der Waals surface area contributed by atoms with Gasteiger partial charge in [-0.3, -0.25) is 4.79 Å². The summed E-state index contributed by atoms with van der Waals surface area (Å²) in [6, 6.07) is 0.0306. The van der Waals surface area contributed by atoms with Crippen molar-refractivity contribution >= 4 is 17.7 Å². The van der Waals surface area contributed by atoms with E-state index >= 15 is 0 Å². The van der Waals surface area contributed by atoms with Crippen molar-refractivity contribution in [2.45, 2.75) is 44.7 Å². The lowest BCUT2D eigenvalue weighted by Gasteiger charge is -2.20. The number of thioether (sulfide) groups is 1. The molecule has 88 valence electrons. The standard InChI is InChI=1S/C11H22N2OS/c1-8-4-3-5-10(8)13-11(14)9(12)6-7-15-2/h8-10H,3-7,12H2,1-2H3,(H,13,14)/t8?,9-,10?/m1/s1. The van der Waals surface area contributed by atoms with E-state index in [0.717, 1.165) is 18.6 Å². The van der Waals surface area contributed by atoms with E-state index in [0.29, 0.717) is 12.0 Å². The Bertz CT molecular complexity index is 211.